The highest BCUT2D eigenvalue weighted by Crippen LogP contribution is 2.12. The Morgan fingerprint density at radius 3 is 2.75 bits per heavy atom. The normalized spacial score (nSPS) is 39.8. The molecule has 3 heteroatoms. The predicted molar refractivity (Wildman–Crippen MR) is 41.3 cm³/mol. The maximum Gasteiger partial charge on any atom is 0.0782 e. The molecule has 1 aliphatic rings. The van der Waals surface area contributed by atoms with Crippen LogP contribution in [0.4, 0.5) is 0 Å². The molecular weight excluding hydrogens is 217 g/mol. The van der Waals surface area contributed by atoms with E-state index in [-0.39, 0.29) is 6.10 Å². The van der Waals surface area contributed by atoms with Gasteiger partial charge in [0, 0.05) is 10.5 Å². The summed E-state index contributed by atoms with van der Waals surface area (Å²) in [7, 11) is 0. The first-order valence-corrected chi connectivity index (χ1v) is 4.08. The summed E-state index contributed by atoms with van der Waals surface area (Å²) in [4.78, 5) is 0. The van der Waals surface area contributed by atoms with Gasteiger partial charge in [0.25, 0.3) is 0 Å². The van der Waals surface area contributed by atoms with Crippen molar-refractivity contribution in [2.24, 2.45) is 0 Å². The van der Waals surface area contributed by atoms with Gasteiger partial charge in [-0.25, -0.2) is 0 Å². The SMILES string of the molecule is O[C@@H]1CNCC[C@H]1I. The largest absolute Gasteiger partial charge is 0.391 e. The van der Waals surface area contributed by atoms with Crippen molar-refractivity contribution in [3.05, 3.63) is 0 Å². The third-order valence-electron chi connectivity index (χ3n) is 1.37. The van der Waals surface area contributed by atoms with E-state index in [4.69, 9.17) is 5.11 Å². The van der Waals surface area contributed by atoms with Crippen LogP contribution in [0.3, 0.4) is 0 Å². The van der Waals surface area contributed by atoms with Crippen LogP contribution < -0.4 is 5.32 Å². The minimum Gasteiger partial charge on any atom is -0.391 e. The van der Waals surface area contributed by atoms with Crippen LogP contribution in [0.1, 0.15) is 6.42 Å². The molecule has 0 bridgehead atoms. The minimum atomic E-state index is -0.121. The Morgan fingerprint density at radius 1 is 1.62 bits per heavy atom. The van der Waals surface area contributed by atoms with E-state index in [0.29, 0.717) is 3.92 Å². The molecule has 1 aliphatic heterocycles. The molecule has 0 aromatic heterocycles. The Hall–Kier alpha value is 0.650. The van der Waals surface area contributed by atoms with Gasteiger partial charge < -0.3 is 10.4 Å². The average molecular weight is 227 g/mol. The molecule has 0 radical (unpaired) electrons. The van der Waals surface area contributed by atoms with Crippen LogP contribution in [0.15, 0.2) is 0 Å². The number of hydrogen-bond acceptors (Lipinski definition) is 2. The molecule has 0 amide bonds. The van der Waals surface area contributed by atoms with E-state index in [1.807, 2.05) is 0 Å². The number of alkyl halides is 1. The second-order valence-electron chi connectivity index (χ2n) is 2.08. The van der Waals surface area contributed by atoms with Crippen molar-refractivity contribution < 1.29 is 5.11 Å². The van der Waals surface area contributed by atoms with Crippen molar-refractivity contribution in [2.75, 3.05) is 13.1 Å². The van der Waals surface area contributed by atoms with Crippen LogP contribution in [0.25, 0.3) is 0 Å². The minimum absolute atomic E-state index is 0.121. The first-order chi connectivity index (χ1) is 3.80. The molecule has 2 N–H and O–H groups in total. The van der Waals surface area contributed by atoms with Gasteiger partial charge in [-0.2, -0.15) is 0 Å². The highest BCUT2D eigenvalue weighted by molar-refractivity contribution is 14.1. The molecule has 1 heterocycles. The lowest BCUT2D eigenvalue weighted by Gasteiger charge is -2.23. The lowest BCUT2D eigenvalue weighted by atomic mass is 10.1. The number of rotatable bonds is 0. The van der Waals surface area contributed by atoms with Crippen LogP contribution in [0.5, 0.6) is 0 Å². The number of β-amino-alcohol motifs (C(OH)–C–C–N with tert-alkyl or cyclic N) is 1. The maximum absolute atomic E-state index is 9.11. The summed E-state index contributed by atoms with van der Waals surface area (Å²) >= 11 is 2.29. The number of piperidine rings is 1. The van der Waals surface area contributed by atoms with E-state index in [1.54, 1.807) is 0 Å². The van der Waals surface area contributed by atoms with E-state index < -0.39 is 0 Å². The molecule has 1 saturated heterocycles. The van der Waals surface area contributed by atoms with Gasteiger partial charge in [0.2, 0.25) is 0 Å². The van der Waals surface area contributed by atoms with E-state index >= 15 is 0 Å². The zero-order valence-corrected chi connectivity index (χ0v) is 6.76. The van der Waals surface area contributed by atoms with Crippen molar-refractivity contribution in [1.82, 2.24) is 5.32 Å². The molecule has 0 aliphatic carbocycles. The fourth-order valence-electron chi connectivity index (χ4n) is 0.810. The molecule has 48 valence electrons. The van der Waals surface area contributed by atoms with E-state index in [1.165, 1.54) is 0 Å². The van der Waals surface area contributed by atoms with Crippen molar-refractivity contribution >= 4 is 22.6 Å². The summed E-state index contributed by atoms with van der Waals surface area (Å²) in [6.07, 6.45) is 0.978. The number of hydrogen-bond donors (Lipinski definition) is 2. The Morgan fingerprint density at radius 2 is 2.38 bits per heavy atom. The standard InChI is InChI=1S/C5H10INO/c6-4-1-2-7-3-5(4)8/h4-5,7-8H,1-3H2/t4-,5-/m1/s1. The zero-order valence-electron chi connectivity index (χ0n) is 4.60. The number of aliphatic hydroxyl groups excluding tert-OH is 1. The third kappa shape index (κ3) is 1.56. The van der Waals surface area contributed by atoms with E-state index in [9.17, 15) is 0 Å². The van der Waals surface area contributed by atoms with Crippen LogP contribution >= 0.6 is 22.6 Å². The van der Waals surface area contributed by atoms with Gasteiger partial charge in [-0.1, -0.05) is 22.6 Å². The zero-order chi connectivity index (χ0) is 5.98. The highest BCUT2D eigenvalue weighted by Gasteiger charge is 2.18. The first kappa shape index (κ1) is 6.77. The summed E-state index contributed by atoms with van der Waals surface area (Å²) in [5.74, 6) is 0. The molecule has 8 heavy (non-hydrogen) atoms. The van der Waals surface area contributed by atoms with Gasteiger partial charge in [0.05, 0.1) is 6.10 Å². The van der Waals surface area contributed by atoms with Gasteiger partial charge in [0.1, 0.15) is 0 Å². The van der Waals surface area contributed by atoms with Crippen LogP contribution in [-0.4, -0.2) is 28.2 Å². The van der Waals surface area contributed by atoms with Gasteiger partial charge in [-0.05, 0) is 13.0 Å². The smallest absolute Gasteiger partial charge is 0.0782 e. The molecule has 2 nitrogen and oxygen atoms in total. The molecule has 0 saturated carbocycles. The molecule has 1 rings (SSSR count). The predicted octanol–water partition coefficient (Wildman–Crippen LogP) is 0.144. The fourth-order valence-corrected chi connectivity index (χ4v) is 1.38. The molecule has 0 aromatic rings. The van der Waals surface area contributed by atoms with Crippen molar-refractivity contribution in [3.63, 3.8) is 0 Å². The Bertz CT molecular complexity index is 68.8. The van der Waals surface area contributed by atoms with Gasteiger partial charge in [-0.15, -0.1) is 0 Å². The summed E-state index contributed by atoms with van der Waals surface area (Å²) in [5.41, 5.74) is 0. The second-order valence-corrected chi connectivity index (χ2v) is 3.68. The molecule has 1 fully saturated rings. The summed E-state index contributed by atoms with van der Waals surface area (Å²) in [5, 5.41) is 12.2. The van der Waals surface area contributed by atoms with Crippen LogP contribution in [0.2, 0.25) is 0 Å². The van der Waals surface area contributed by atoms with E-state index in [0.717, 1.165) is 19.5 Å². The Labute approximate surface area is 62.8 Å². The topological polar surface area (TPSA) is 32.3 Å². The summed E-state index contributed by atoms with van der Waals surface area (Å²) in [6, 6.07) is 0. The van der Waals surface area contributed by atoms with Crippen molar-refractivity contribution in [1.29, 1.82) is 0 Å². The molecule has 0 spiro atoms. The Balaban J connectivity index is 2.28. The van der Waals surface area contributed by atoms with Crippen LogP contribution in [-0.2, 0) is 0 Å². The van der Waals surface area contributed by atoms with Gasteiger partial charge in [0.15, 0.2) is 0 Å². The number of aliphatic hydroxyl groups is 1. The second kappa shape index (κ2) is 2.98. The van der Waals surface area contributed by atoms with Crippen molar-refractivity contribution in [3.8, 4) is 0 Å². The van der Waals surface area contributed by atoms with Crippen LogP contribution in [0, 0.1) is 0 Å². The fraction of sp³-hybridized carbons (Fsp3) is 1.00. The van der Waals surface area contributed by atoms with E-state index in [2.05, 4.69) is 27.9 Å². The molecular formula is C5H10INO. The number of halogens is 1. The molecule has 0 aromatic carbocycles. The van der Waals surface area contributed by atoms with Gasteiger partial charge >= 0.3 is 0 Å². The van der Waals surface area contributed by atoms with Crippen molar-refractivity contribution in [2.45, 2.75) is 16.4 Å². The lowest BCUT2D eigenvalue weighted by molar-refractivity contribution is 0.154. The Kier molecular flexibility index (Phi) is 2.52. The highest BCUT2D eigenvalue weighted by atomic mass is 127. The first-order valence-electron chi connectivity index (χ1n) is 2.83. The number of nitrogens with one attached hydrogen (secondary N) is 1. The quantitative estimate of drug-likeness (QED) is 0.456. The summed E-state index contributed by atoms with van der Waals surface area (Å²) < 4.78 is 0.467. The average Bonchev–Trinajstić information content (AvgIpc) is 1.77. The molecule has 2 atom stereocenters. The molecule has 0 unspecified atom stereocenters. The third-order valence-corrected chi connectivity index (χ3v) is 2.82. The lowest BCUT2D eigenvalue weighted by Crippen LogP contribution is -2.40. The van der Waals surface area contributed by atoms with Gasteiger partial charge in [-0.3, -0.25) is 0 Å². The summed E-state index contributed by atoms with van der Waals surface area (Å²) in [6.45, 7) is 1.83. The maximum atomic E-state index is 9.11. The monoisotopic (exact) mass is 227 g/mol.